The van der Waals surface area contributed by atoms with Crippen LogP contribution in [-0.4, -0.2) is 26.5 Å². The number of nitrogens with one attached hydrogen (secondary N) is 1. The zero-order valence-corrected chi connectivity index (χ0v) is 14.3. The molecule has 6 nitrogen and oxygen atoms in total. The third-order valence-electron chi connectivity index (χ3n) is 3.38. The normalized spacial score (nSPS) is 16.1. The van der Waals surface area contributed by atoms with E-state index in [2.05, 4.69) is 15.3 Å². The van der Waals surface area contributed by atoms with Crippen LogP contribution >= 0.6 is 36.2 Å². The highest BCUT2D eigenvalue weighted by molar-refractivity contribution is 7.15. The number of imidazole rings is 1. The molecule has 1 aliphatic carbocycles. The van der Waals surface area contributed by atoms with E-state index in [1.165, 1.54) is 4.88 Å². The van der Waals surface area contributed by atoms with Crippen molar-refractivity contribution in [2.75, 3.05) is 5.32 Å². The number of halogens is 2. The second-order valence-electron chi connectivity index (χ2n) is 4.99. The minimum absolute atomic E-state index is 0. The minimum atomic E-state index is -0.0194. The number of carbonyl (C=O) groups is 1. The maximum Gasteiger partial charge on any atom is 0.227 e. The molecule has 0 unspecified atom stereocenters. The first-order valence-corrected chi connectivity index (χ1v) is 7.52. The van der Waals surface area contributed by atoms with Gasteiger partial charge in [0.15, 0.2) is 5.13 Å². The lowest BCUT2D eigenvalue weighted by Crippen LogP contribution is -2.27. The molecule has 0 radical (unpaired) electrons. The van der Waals surface area contributed by atoms with Crippen molar-refractivity contribution in [1.82, 2.24) is 14.5 Å². The van der Waals surface area contributed by atoms with Crippen LogP contribution < -0.4 is 11.1 Å². The first-order chi connectivity index (χ1) is 9.70. The fourth-order valence-electron chi connectivity index (χ4n) is 2.29. The molecule has 2 heterocycles. The van der Waals surface area contributed by atoms with Gasteiger partial charge < -0.3 is 15.6 Å². The Hall–Kier alpha value is -1.15. The Morgan fingerprint density at radius 1 is 1.50 bits per heavy atom. The number of aromatic nitrogens is 3. The fraction of sp³-hybridized carbons (Fsp3) is 0.462. The molecule has 0 saturated heterocycles. The van der Waals surface area contributed by atoms with Gasteiger partial charge in [-0.1, -0.05) is 0 Å². The second-order valence-corrected chi connectivity index (χ2v) is 6.07. The van der Waals surface area contributed by atoms with Crippen LogP contribution in [0.2, 0.25) is 0 Å². The van der Waals surface area contributed by atoms with Gasteiger partial charge in [0.05, 0.1) is 12.0 Å². The highest BCUT2D eigenvalue weighted by Gasteiger charge is 2.20. The summed E-state index contributed by atoms with van der Waals surface area (Å²) in [5.41, 5.74) is 7.04. The topological polar surface area (TPSA) is 85.8 Å². The molecule has 0 fully saturated rings. The molecule has 1 amide bonds. The van der Waals surface area contributed by atoms with Crippen LogP contribution in [-0.2, 0) is 24.2 Å². The molecular weight excluding hydrogens is 345 g/mol. The predicted octanol–water partition coefficient (Wildman–Crippen LogP) is 2.03. The molecule has 2 aromatic rings. The number of rotatable bonds is 4. The van der Waals surface area contributed by atoms with E-state index in [0.29, 0.717) is 18.1 Å². The largest absolute Gasteiger partial charge is 0.337 e. The van der Waals surface area contributed by atoms with E-state index in [9.17, 15) is 4.79 Å². The quantitative estimate of drug-likeness (QED) is 0.869. The molecule has 1 atom stereocenters. The van der Waals surface area contributed by atoms with Gasteiger partial charge in [0.2, 0.25) is 5.91 Å². The SMILES string of the molecule is Cl.Cl.N[C@H]1CCc2nc(NC(=O)CCn3ccnc3)sc2C1. The number of anilines is 1. The average Bonchev–Trinajstić information content (AvgIpc) is 3.04. The van der Waals surface area contributed by atoms with Gasteiger partial charge in [-0.2, -0.15) is 0 Å². The van der Waals surface area contributed by atoms with E-state index in [-0.39, 0.29) is 36.8 Å². The van der Waals surface area contributed by atoms with Crippen molar-refractivity contribution in [3.8, 4) is 0 Å². The van der Waals surface area contributed by atoms with Crippen LogP contribution in [0.15, 0.2) is 18.7 Å². The van der Waals surface area contributed by atoms with E-state index >= 15 is 0 Å². The lowest BCUT2D eigenvalue weighted by molar-refractivity contribution is -0.116. The van der Waals surface area contributed by atoms with Crippen molar-refractivity contribution in [3.05, 3.63) is 29.3 Å². The highest BCUT2D eigenvalue weighted by atomic mass is 35.5. The Balaban J connectivity index is 0.00000121. The van der Waals surface area contributed by atoms with Crippen molar-refractivity contribution >= 4 is 47.2 Å². The molecular formula is C13H19Cl2N5OS. The minimum Gasteiger partial charge on any atom is -0.337 e. The summed E-state index contributed by atoms with van der Waals surface area (Å²) in [7, 11) is 0. The summed E-state index contributed by atoms with van der Waals surface area (Å²) < 4.78 is 1.88. The summed E-state index contributed by atoms with van der Waals surface area (Å²) in [4.78, 5) is 21.5. The third kappa shape index (κ3) is 4.67. The maximum atomic E-state index is 11.9. The number of thiazole rings is 1. The van der Waals surface area contributed by atoms with Crippen LogP contribution in [0.1, 0.15) is 23.4 Å². The monoisotopic (exact) mass is 363 g/mol. The Bertz CT molecular complexity index is 602. The number of hydrogen-bond acceptors (Lipinski definition) is 5. The third-order valence-corrected chi connectivity index (χ3v) is 4.42. The number of amides is 1. The van der Waals surface area contributed by atoms with Crippen molar-refractivity contribution in [3.63, 3.8) is 0 Å². The number of aryl methyl sites for hydroxylation is 2. The lowest BCUT2D eigenvalue weighted by atomic mass is 9.99. The van der Waals surface area contributed by atoms with Gasteiger partial charge in [-0.3, -0.25) is 4.79 Å². The van der Waals surface area contributed by atoms with Crippen LogP contribution in [0.3, 0.4) is 0 Å². The Labute approximate surface area is 145 Å². The van der Waals surface area contributed by atoms with Crippen LogP contribution in [0.25, 0.3) is 0 Å². The molecule has 0 aliphatic heterocycles. The lowest BCUT2D eigenvalue weighted by Gasteiger charge is -2.15. The summed E-state index contributed by atoms with van der Waals surface area (Å²) in [6, 6.07) is 0.229. The van der Waals surface area contributed by atoms with Crippen molar-refractivity contribution in [1.29, 1.82) is 0 Å². The molecule has 0 spiro atoms. The van der Waals surface area contributed by atoms with Gasteiger partial charge in [0.1, 0.15) is 0 Å². The van der Waals surface area contributed by atoms with Crippen LogP contribution in [0.5, 0.6) is 0 Å². The molecule has 3 rings (SSSR count). The van der Waals surface area contributed by atoms with E-state index in [4.69, 9.17) is 5.73 Å². The van der Waals surface area contributed by atoms with E-state index in [1.807, 2.05) is 10.8 Å². The second kappa shape index (κ2) is 8.47. The maximum absolute atomic E-state index is 11.9. The van der Waals surface area contributed by atoms with Crippen LogP contribution in [0.4, 0.5) is 5.13 Å². The van der Waals surface area contributed by atoms with Gasteiger partial charge in [-0.15, -0.1) is 36.2 Å². The molecule has 3 N–H and O–H groups in total. The number of fused-ring (bicyclic) bond motifs is 1. The van der Waals surface area contributed by atoms with Crippen LogP contribution in [0, 0.1) is 0 Å². The molecule has 22 heavy (non-hydrogen) atoms. The molecule has 122 valence electrons. The summed E-state index contributed by atoms with van der Waals surface area (Å²) in [5, 5.41) is 3.56. The summed E-state index contributed by atoms with van der Waals surface area (Å²) in [5.74, 6) is -0.0194. The fourth-order valence-corrected chi connectivity index (χ4v) is 3.40. The van der Waals surface area contributed by atoms with Crippen molar-refractivity contribution < 1.29 is 4.79 Å². The number of nitrogens with two attached hydrogens (primary N) is 1. The Kier molecular flexibility index (Phi) is 7.28. The first-order valence-electron chi connectivity index (χ1n) is 6.70. The molecule has 0 aromatic carbocycles. The number of carbonyl (C=O) groups excluding carboxylic acids is 1. The summed E-state index contributed by atoms with van der Waals surface area (Å²) >= 11 is 1.55. The van der Waals surface area contributed by atoms with Gasteiger partial charge in [0.25, 0.3) is 0 Å². The standard InChI is InChI=1S/C13H17N5OS.2ClH/c14-9-1-2-10-11(7-9)20-13(16-10)17-12(19)3-5-18-6-4-15-8-18;;/h4,6,8-9H,1-3,5,7,14H2,(H,16,17,19);2*1H/t9-;;/m0../s1. The first kappa shape index (κ1) is 18.9. The van der Waals surface area contributed by atoms with Gasteiger partial charge in [-0.05, 0) is 19.3 Å². The molecule has 0 saturated carbocycles. The number of hydrogen-bond donors (Lipinski definition) is 2. The summed E-state index contributed by atoms with van der Waals surface area (Å²) in [6.07, 6.45) is 8.43. The van der Waals surface area contributed by atoms with Gasteiger partial charge in [-0.25, -0.2) is 9.97 Å². The van der Waals surface area contributed by atoms with E-state index < -0.39 is 0 Å². The van der Waals surface area contributed by atoms with Gasteiger partial charge >= 0.3 is 0 Å². The molecule has 2 aromatic heterocycles. The smallest absolute Gasteiger partial charge is 0.227 e. The predicted molar refractivity (Wildman–Crippen MR) is 92.1 cm³/mol. The zero-order valence-electron chi connectivity index (χ0n) is 11.9. The molecule has 0 bridgehead atoms. The summed E-state index contributed by atoms with van der Waals surface area (Å²) in [6.45, 7) is 0.627. The number of nitrogens with zero attached hydrogens (tertiary/aromatic N) is 3. The van der Waals surface area contributed by atoms with Crippen molar-refractivity contribution in [2.45, 2.75) is 38.3 Å². The van der Waals surface area contributed by atoms with E-state index in [0.717, 1.165) is 25.0 Å². The molecule has 1 aliphatic rings. The zero-order chi connectivity index (χ0) is 13.9. The van der Waals surface area contributed by atoms with E-state index in [1.54, 1.807) is 23.9 Å². The average molecular weight is 364 g/mol. The Morgan fingerprint density at radius 2 is 2.32 bits per heavy atom. The molecule has 9 heteroatoms. The highest BCUT2D eigenvalue weighted by Crippen LogP contribution is 2.29. The Morgan fingerprint density at radius 3 is 3.05 bits per heavy atom. The van der Waals surface area contributed by atoms with Crippen molar-refractivity contribution in [2.24, 2.45) is 5.73 Å². The van der Waals surface area contributed by atoms with Gasteiger partial charge in [0, 0.05) is 36.3 Å².